The molecule has 108 valence electrons. The van der Waals surface area contributed by atoms with Crippen molar-refractivity contribution in [2.75, 3.05) is 0 Å². The van der Waals surface area contributed by atoms with Crippen LogP contribution in [0.4, 0.5) is 0 Å². The minimum atomic E-state index is 0.144. The predicted octanol–water partition coefficient (Wildman–Crippen LogP) is 5.97. The number of fused-ring (bicyclic) bond motifs is 2. The van der Waals surface area contributed by atoms with E-state index in [0.29, 0.717) is 0 Å². The van der Waals surface area contributed by atoms with Crippen molar-refractivity contribution >= 4 is 0 Å². The van der Waals surface area contributed by atoms with E-state index in [4.69, 9.17) is 0 Å². The molecule has 0 saturated carbocycles. The van der Waals surface area contributed by atoms with Gasteiger partial charge in [-0.15, -0.1) is 0 Å². The molecule has 0 spiro atoms. The molecule has 3 rings (SSSR count). The molecule has 0 atom stereocenters. The molecule has 0 unspecified atom stereocenters. The normalized spacial score (nSPS) is 13.7. The van der Waals surface area contributed by atoms with Gasteiger partial charge in [0.15, 0.2) is 0 Å². The van der Waals surface area contributed by atoms with Crippen LogP contribution >= 0.6 is 0 Å². The van der Waals surface area contributed by atoms with Gasteiger partial charge in [-0.1, -0.05) is 90.1 Å². The first-order chi connectivity index (χ1) is 9.69. The highest BCUT2D eigenvalue weighted by Gasteiger charge is 2.31. The molecule has 2 aromatic rings. The first-order valence-corrected chi connectivity index (χ1v) is 7.86. The number of rotatable bonds is 0. The Kier molecular flexibility index (Phi) is 6.01. The molecule has 1 aliphatic rings. The van der Waals surface area contributed by atoms with Crippen LogP contribution in [-0.2, 0) is 11.8 Å². The third kappa shape index (κ3) is 2.95. The number of hydrogen-bond acceptors (Lipinski definition) is 0. The summed E-state index contributed by atoms with van der Waals surface area (Å²) in [6, 6.07) is 17.6. The Bertz CT molecular complexity index is 488. The molecular weight excluding hydrogens is 240 g/mol. The van der Waals surface area contributed by atoms with Crippen LogP contribution in [-0.4, -0.2) is 0 Å². The van der Waals surface area contributed by atoms with Gasteiger partial charge in [-0.2, -0.15) is 0 Å². The van der Waals surface area contributed by atoms with E-state index in [0.717, 1.165) is 6.42 Å². The molecule has 0 saturated heterocycles. The maximum atomic E-state index is 2.32. The summed E-state index contributed by atoms with van der Waals surface area (Å²) < 4.78 is 0. The van der Waals surface area contributed by atoms with Gasteiger partial charge in [-0.05, 0) is 28.7 Å². The average Bonchev–Trinajstić information content (AvgIpc) is 2.52. The van der Waals surface area contributed by atoms with Crippen molar-refractivity contribution in [2.45, 2.75) is 53.4 Å². The molecule has 0 fully saturated rings. The number of hydrogen-bond donors (Lipinski definition) is 0. The van der Waals surface area contributed by atoms with Gasteiger partial charge in [-0.25, -0.2) is 0 Å². The van der Waals surface area contributed by atoms with E-state index in [1.165, 1.54) is 22.3 Å². The fourth-order valence-corrected chi connectivity index (χ4v) is 2.92. The molecule has 2 aromatic carbocycles. The lowest BCUT2D eigenvalue weighted by Gasteiger charge is -2.35. The largest absolute Gasteiger partial charge is 0.0683 e. The van der Waals surface area contributed by atoms with Crippen LogP contribution in [0.5, 0.6) is 0 Å². The standard InChI is InChI=1S/C16H16.2C2H6/c1-16(2)14-9-5-3-7-12(14)11-13-8-4-6-10-15(13)16;2*1-2/h3-10H,11H2,1-2H3;2*1-2H3. The summed E-state index contributed by atoms with van der Waals surface area (Å²) in [4.78, 5) is 0. The Labute approximate surface area is 124 Å². The zero-order valence-corrected chi connectivity index (χ0v) is 13.8. The quantitative estimate of drug-likeness (QED) is 0.552. The molecule has 0 amide bonds. The maximum absolute atomic E-state index is 2.32. The molecule has 0 nitrogen and oxygen atoms in total. The second kappa shape index (κ2) is 7.28. The van der Waals surface area contributed by atoms with Gasteiger partial charge < -0.3 is 0 Å². The second-order valence-electron chi connectivity index (χ2n) is 5.12. The highest BCUT2D eigenvalue weighted by molar-refractivity contribution is 5.52. The summed E-state index contributed by atoms with van der Waals surface area (Å²) in [5.74, 6) is 0. The summed E-state index contributed by atoms with van der Waals surface area (Å²) in [7, 11) is 0. The van der Waals surface area contributed by atoms with E-state index >= 15 is 0 Å². The lowest BCUT2D eigenvalue weighted by Crippen LogP contribution is -2.26. The van der Waals surface area contributed by atoms with E-state index in [2.05, 4.69) is 62.4 Å². The molecule has 0 heterocycles. The van der Waals surface area contributed by atoms with Crippen molar-refractivity contribution in [2.24, 2.45) is 0 Å². The third-order valence-corrected chi connectivity index (χ3v) is 3.76. The Hall–Kier alpha value is -1.56. The van der Waals surface area contributed by atoms with Gasteiger partial charge in [0.1, 0.15) is 0 Å². The predicted molar refractivity (Wildman–Crippen MR) is 90.5 cm³/mol. The van der Waals surface area contributed by atoms with Crippen molar-refractivity contribution in [3.8, 4) is 0 Å². The van der Waals surface area contributed by atoms with Crippen molar-refractivity contribution in [1.29, 1.82) is 0 Å². The molecule has 0 aliphatic heterocycles. The zero-order chi connectivity index (χ0) is 15.2. The molecular formula is C20H28. The van der Waals surface area contributed by atoms with Crippen molar-refractivity contribution < 1.29 is 0 Å². The van der Waals surface area contributed by atoms with E-state index in [-0.39, 0.29) is 5.41 Å². The Morgan fingerprint density at radius 3 is 1.40 bits per heavy atom. The molecule has 0 aromatic heterocycles. The molecule has 0 bridgehead atoms. The fraction of sp³-hybridized carbons (Fsp3) is 0.400. The van der Waals surface area contributed by atoms with Crippen molar-refractivity contribution in [3.05, 3.63) is 70.8 Å². The molecule has 1 aliphatic carbocycles. The smallest absolute Gasteiger partial charge is 0.0152 e. The van der Waals surface area contributed by atoms with Crippen LogP contribution in [0.25, 0.3) is 0 Å². The number of benzene rings is 2. The van der Waals surface area contributed by atoms with Crippen LogP contribution in [0.3, 0.4) is 0 Å². The van der Waals surface area contributed by atoms with E-state index in [1.807, 2.05) is 27.7 Å². The molecule has 0 N–H and O–H groups in total. The lowest BCUT2D eigenvalue weighted by atomic mass is 9.69. The topological polar surface area (TPSA) is 0 Å². The summed E-state index contributed by atoms with van der Waals surface area (Å²) in [6.45, 7) is 12.6. The van der Waals surface area contributed by atoms with Gasteiger partial charge in [-0.3, -0.25) is 0 Å². The second-order valence-corrected chi connectivity index (χ2v) is 5.12. The summed E-state index contributed by atoms with van der Waals surface area (Å²) in [5.41, 5.74) is 6.06. The minimum absolute atomic E-state index is 0.144. The van der Waals surface area contributed by atoms with Crippen LogP contribution < -0.4 is 0 Å². The highest BCUT2D eigenvalue weighted by atomic mass is 14.3. The molecule has 0 heteroatoms. The van der Waals surface area contributed by atoms with Crippen LogP contribution in [0.1, 0.15) is 63.8 Å². The van der Waals surface area contributed by atoms with Gasteiger partial charge in [0.25, 0.3) is 0 Å². The monoisotopic (exact) mass is 268 g/mol. The SMILES string of the molecule is CC.CC.CC1(C)c2ccccc2Cc2ccccc21. The first-order valence-electron chi connectivity index (χ1n) is 7.86. The van der Waals surface area contributed by atoms with E-state index < -0.39 is 0 Å². The van der Waals surface area contributed by atoms with Crippen LogP contribution in [0, 0.1) is 0 Å². The highest BCUT2D eigenvalue weighted by Crippen LogP contribution is 2.40. The van der Waals surface area contributed by atoms with Gasteiger partial charge in [0, 0.05) is 5.41 Å². The molecule has 20 heavy (non-hydrogen) atoms. The maximum Gasteiger partial charge on any atom is 0.0152 e. The summed E-state index contributed by atoms with van der Waals surface area (Å²) in [6.07, 6.45) is 1.08. The van der Waals surface area contributed by atoms with Crippen LogP contribution in [0.2, 0.25) is 0 Å². The van der Waals surface area contributed by atoms with Crippen molar-refractivity contribution in [3.63, 3.8) is 0 Å². The van der Waals surface area contributed by atoms with E-state index in [1.54, 1.807) is 0 Å². The third-order valence-electron chi connectivity index (χ3n) is 3.76. The lowest BCUT2D eigenvalue weighted by molar-refractivity contribution is 0.610. The van der Waals surface area contributed by atoms with Crippen LogP contribution in [0.15, 0.2) is 48.5 Å². The first kappa shape index (κ1) is 16.5. The molecule has 0 radical (unpaired) electrons. The van der Waals surface area contributed by atoms with E-state index in [9.17, 15) is 0 Å². The summed E-state index contributed by atoms with van der Waals surface area (Å²) >= 11 is 0. The average molecular weight is 268 g/mol. The van der Waals surface area contributed by atoms with Gasteiger partial charge in [0.05, 0.1) is 0 Å². The Balaban J connectivity index is 0.000000461. The zero-order valence-electron chi connectivity index (χ0n) is 13.8. The fourth-order valence-electron chi connectivity index (χ4n) is 2.92. The van der Waals surface area contributed by atoms with Crippen molar-refractivity contribution in [1.82, 2.24) is 0 Å². The Morgan fingerprint density at radius 1 is 0.650 bits per heavy atom. The van der Waals surface area contributed by atoms with Gasteiger partial charge in [0.2, 0.25) is 0 Å². The van der Waals surface area contributed by atoms with Gasteiger partial charge >= 0.3 is 0 Å². The Morgan fingerprint density at radius 2 is 1.00 bits per heavy atom. The summed E-state index contributed by atoms with van der Waals surface area (Å²) in [5, 5.41) is 0. The minimum Gasteiger partial charge on any atom is -0.0683 e.